The zero-order chi connectivity index (χ0) is 20.3. The highest BCUT2D eigenvalue weighted by molar-refractivity contribution is 6.05. The quantitative estimate of drug-likeness (QED) is 0.465. The van der Waals surface area contributed by atoms with Crippen molar-refractivity contribution < 1.29 is 24.0 Å². The molecule has 0 aromatic heterocycles. The molecule has 0 atom stereocenters. The molecule has 1 heterocycles. The Bertz CT molecular complexity index is 939. The maximum Gasteiger partial charge on any atom is 0.311 e. The Morgan fingerprint density at radius 2 is 1.79 bits per heavy atom. The molecule has 9 heteroatoms. The molecule has 0 radical (unpaired) electrons. The van der Waals surface area contributed by atoms with E-state index in [4.69, 9.17) is 4.74 Å². The van der Waals surface area contributed by atoms with Gasteiger partial charge in [-0.05, 0) is 29.8 Å². The number of nitrogens with one attached hydrogen (secondary N) is 1. The van der Waals surface area contributed by atoms with Crippen molar-refractivity contribution in [3.05, 3.63) is 63.7 Å². The number of carbonyl (C=O) groups excluding carboxylic acids is 3. The predicted molar refractivity (Wildman–Crippen MR) is 98.8 cm³/mol. The number of hydrogen-bond donors (Lipinski definition) is 1. The first-order chi connectivity index (χ1) is 13.4. The third-order valence-electron chi connectivity index (χ3n) is 4.35. The zero-order valence-electron chi connectivity index (χ0n) is 15.0. The number of rotatable bonds is 6. The molecule has 2 aromatic rings. The lowest BCUT2D eigenvalue weighted by molar-refractivity contribution is -0.385. The van der Waals surface area contributed by atoms with Crippen LogP contribution in [0.15, 0.2) is 42.5 Å². The lowest BCUT2D eigenvalue weighted by atomic mass is 10.1. The molecule has 28 heavy (non-hydrogen) atoms. The van der Waals surface area contributed by atoms with E-state index < -0.39 is 10.8 Å². The molecule has 3 amide bonds. The van der Waals surface area contributed by atoms with Crippen molar-refractivity contribution in [1.29, 1.82) is 0 Å². The highest BCUT2D eigenvalue weighted by atomic mass is 16.6. The Balaban J connectivity index is 1.69. The van der Waals surface area contributed by atoms with Crippen molar-refractivity contribution in [1.82, 2.24) is 4.90 Å². The van der Waals surface area contributed by atoms with Crippen LogP contribution in [0.2, 0.25) is 0 Å². The molecule has 0 spiro atoms. The number of carbonyl (C=O) groups is 3. The van der Waals surface area contributed by atoms with Crippen molar-refractivity contribution in [2.24, 2.45) is 0 Å². The normalized spacial score (nSPS) is 13.5. The van der Waals surface area contributed by atoms with E-state index in [0.29, 0.717) is 5.69 Å². The highest BCUT2D eigenvalue weighted by Crippen LogP contribution is 2.28. The molecule has 0 aliphatic carbocycles. The van der Waals surface area contributed by atoms with Gasteiger partial charge >= 0.3 is 5.69 Å². The van der Waals surface area contributed by atoms with Crippen molar-refractivity contribution in [2.45, 2.75) is 19.4 Å². The first-order valence-electron chi connectivity index (χ1n) is 8.45. The molecule has 1 saturated heterocycles. The van der Waals surface area contributed by atoms with E-state index in [0.717, 1.165) is 11.6 Å². The summed E-state index contributed by atoms with van der Waals surface area (Å²) in [5.41, 5.74) is 1.04. The summed E-state index contributed by atoms with van der Waals surface area (Å²) < 4.78 is 4.92. The summed E-state index contributed by atoms with van der Waals surface area (Å²) in [7, 11) is 1.31. The van der Waals surface area contributed by atoms with Gasteiger partial charge in [0.2, 0.25) is 11.8 Å². The van der Waals surface area contributed by atoms with Crippen LogP contribution in [0.5, 0.6) is 5.75 Å². The first kappa shape index (κ1) is 19.0. The minimum Gasteiger partial charge on any atom is -0.490 e. The van der Waals surface area contributed by atoms with Crippen molar-refractivity contribution in [2.75, 3.05) is 12.4 Å². The van der Waals surface area contributed by atoms with E-state index in [2.05, 4.69) is 5.32 Å². The molecule has 9 nitrogen and oxygen atoms in total. The Morgan fingerprint density at radius 3 is 2.36 bits per heavy atom. The van der Waals surface area contributed by atoms with E-state index in [1.54, 1.807) is 24.3 Å². The van der Waals surface area contributed by atoms with Crippen LogP contribution in [-0.4, -0.2) is 34.7 Å². The Morgan fingerprint density at radius 1 is 1.14 bits per heavy atom. The number of benzene rings is 2. The number of nitro benzene ring substituents is 1. The van der Waals surface area contributed by atoms with E-state index >= 15 is 0 Å². The molecule has 1 fully saturated rings. The standard InChI is InChI=1S/C19H17N3O6/c1-28-16-7-4-13(10-15(16)22(26)27)19(25)20-14-5-2-12(3-6-14)11-21-17(23)8-9-18(21)24/h2-7,10H,8-9,11H2,1H3,(H,20,25). The number of anilines is 1. The predicted octanol–water partition coefficient (Wildman–Crippen LogP) is 2.50. The highest BCUT2D eigenvalue weighted by Gasteiger charge is 2.28. The minimum atomic E-state index is -0.620. The maximum atomic E-state index is 12.4. The summed E-state index contributed by atoms with van der Waals surface area (Å²) in [4.78, 5) is 47.4. The van der Waals surface area contributed by atoms with Crippen LogP contribution in [0.3, 0.4) is 0 Å². The SMILES string of the molecule is COc1ccc(C(=O)Nc2ccc(CN3C(=O)CCC3=O)cc2)cc1[N+](=O)[O-]. The lowest BCUT2D eigenvalue weighted by Gasteiger charge is -2.14. The fraction of sp³-hybridized carbons (Fsp3) is 0.211. The van der Waals surface area contributed by atoms with Crippen LogP contribution in [0.25, 0.3) is 0 Å². The summed E-state index contributed by atoms with van der Waals surface area (Å²) >= 11 is 0. The number of ether oxygens (including phenoxy) is 1. The van der Waals surface area contributed by atoms with E-state index in [9.17, 15) is 24.5 Å². The van der Waals surface area contributed by atoms with E-state index in [-0.39, 0.29) is 48.2 Å². The molecule has 144 valence electrons. The second kappa shape index (κ2) is 7.87. The van der Waals surface area contributed by atoms with Crippen LogP contribution in [0.4, 0.5) is 11.4 Å². The lowest BCUT2D eigenvalue weighted by Crippen LogP contribution is -2.28. The third kappa shape index (κ3) is 3.98. The molecular formula is C19H17N3O6. The second-order valence-corrected chi connectivity index (χ2v) is 6.17. The molecule has 1 N–H and O–H groups in total. The number of amides is 3. The average molecular weight is 383 g/mol. The van der Waals surface area contributed by atoms with E-state index in [1.165, 1.54) is 24.1 Å². The van der Waals surface area contributed by atoms with Gasteiger partial charge in [-0.2, -0.15) is 0 Å². The summed E-state index contributed by atoms with van der Waals surface area (Å²) in [5.74, 6) is -0.827. The van der Waals surface area contributed by atoms with Gasteiger partial charge in [-0.15, -0.1) is 0 Å². The van der Waals surface area contributed by atoms with Gasteiger partial charge in [0.15, 0.2) is 5.75 Å². The largest absolute Gasteiger partial charge is 0.490 e. The number of methoxy groups -OCH3 is 1. The van der Waals surface area contributed by atoms with Crippen LogP contribution < -0.4 is 10.1 Å². The molecule has 1 aliphatic rings. The van der Waals surface area contributed by atoms with Gasteiger partial charge in [0.1, 0.15) is 0 Å². The number of hydrogen-bond acceptors (Lipinski definition) is 6. The minimum absolute atomic E-state index is 0.0666. The van der Waals surface area contributed by atoms with Gasteiger partial charge < -0.3 is 10.1 Å². The van der Waals surface area contributed by atoms with Crippen LogP contribution in [0, 0.1) is 10.1 Å². The monoisotopic (exact) mass is 383 g/mol. The summed E-state index contributed by atoms with van der Waals surface area (Å²) in [6.45, 7) is 0.191. The van der Waals surface area contributed by atoms with Gasteiger partial charge in [-0.25, -0.2) is 0 Å². The van der Waals surface area contributed by atoms with Crippen molar-refractivity contribution in [3.8, 4) is 5.75 Å². The molecule has 3 rings (SSSR count). The van der Waals surface area contributed by atoms with Crippen LogP contribution in [-0.2, 0) is 16.1 Å². The summed E-state index contributed by atoms with van der Waals surface area (Å²) in [6, 6.07) is 10.6. The number of likely N-dealkylation sites (tertiary alicyclic amines) is 1. The van der Waals surface area contributed by atoms with Gasteiger partial charge in [0.25, 0.3) is 5.91 Å². The molecule has 0 saturated carbocycles. The molecular weight excluding hydrogens is 366 g/mol. The fourth-order valence-electron chi connectivity index (χ4n) is 2.85. The van der Waals surface area contributed by atoms with Gasteiger partial charge in [0.05, 0.1) is 18.6 Å². The Hall–Kier alpha value is -3.75. The number of nitro groups is 1. The molecule has 0 unspecified atom stereocenters. The fourth-order valence-corrected chi connectivity index (χ4v) is 2.85. The van der Waals surface area contributed by atoms with Gasteiger partial charge in [0, 0.05) is 30.2 Å². The maximum absolute atomic E-state index is 12.4. The molecule has 2 aromatic carbocycles. The Labute approximate surface area is 160 Å². The van der Waals surface area contributed by atoms with Gasteiger partial charge in [-0.1, -0.05) is 12.1 Å². The molecule has 1 aliphatic heterocycles. The smallest absolute Gasteiger partial charge is 0.311 e. The number of nitrogens with zero attached hydrogens (tertiary/aromatic N) is 2. The number of imide groups is 1. The third-order valence-corrected chi connectivity index (χ3v) is 4.35. The summed E-state index contributed by atoms with van der Waals surface area (Å²) in [5, 5.41) is 13.7. The van der Waals surface area contributed by atoms with Gasteiger partial charge in [-0.3, -0.25) is 29.4 Å². The van der Waals surface area contributed by atoms with Crippen LogP contribution >= 0.6 is 0 Å². The Kier molecular flexibility index (Phi) is 5.35. The van der Waals surface area contributed by atoms with E-state index in [1.807, 2.05) is 0 Å². The van der Waals surface area contributed by atoms with Crippen molar-refractivity contribution >= 4 is 29.1 Å². The second-order valence-electron chi connectivity index (χ2n) is 6.17. The zero-order valence-corrected chi connectivity index (χ0v) is 15.0. The first-order valence-corrected chi connectivity index (χ1v) is 8.45. The summed E-state index contributed by atoms with van der Waals surface area (Å²) in [6.07, 6.45) is 0.474. The molecule has 0 bridgehead atoms. The average Bonchev–Trinajstić information content (AvgIpc) is 3.00. The topological polar surface area (TPSA) is 119 Å². The van der Waals surface area contributed by atoms with Crippen molar-refractivity contribution in [3.63, 3.8) is 0 Å². The van der Waals surface area contributed by atoms with Crippen LogP contribution in [0.1, 0.15) is 28.8 Å².